The summed E-state index contributed by atoms with van der Waals surface area (Å²) in [5.41, 5.74) is 9.21. The van der Waals surface area contributed by atoms with Crippen molar-refractivity contribution in [3.63, 3.8) is 0 Å². The minimum Gasteiger partial charge on any atom is -0.399 e. The van der Waals surface area contributed by atoms with Gasteiger partial charge in [0.05, 0.1) is 0 Å². The summed E-state index contributed by atoms with van der Waals surface area (Å²) in [7, 11) is 0. The second kappa shape index (κ2) is 8.62. The van der Waals surface area contributed by atoms with Gasteiger partial charge < -0.3 is 11.1 Å². The number of rotatable bonds is 6. The first-order valence-electron chi connectivity index (χ1n) is 6.86. The molecule has 0 saturated carbocycles. The summed E-state index contributed by atoms with van der Waals surface area (Å²) in [6.07, 6.45) is 2.11. The molecular weight excluding hydrogens is 268 g/mol. The Balaban J connectivity index is 0.00000200. The van der Waals surface area contributed by atoms with Crippen LogP contribution in [0.4, 0.5) is 5.69 Å². The Kier molecular flexibility index (Phi) is 7.13. The molecule has 0 spiro atoms. The second-order valence-electron chi connectivity index (χ2n) is 5.04. The maximum Gasteiger partial charge on any atom is 0.0314 e. The SMILES string of the molecule is CC(Cc1ccccc1)NCCc1ccc(N)cc1.Cl. The largest absolute Gasteiger partial charge is 0.399 e. The molecule has 0 aliphatic carbocycles. The van der Waals surface area contributed by atoms with Gasteiger partial charge in [0.25, 0.3) is 0 Å². The Morgan fingerprint density at radius 1 is 0.950 bits per heavy atom. The first kappa shape index (κ1) is 16.5. The van der Waals surface area contributed by atoms with Crippen molar-refractivity contribution in [1.82, 2.24) is 5.32 Å². The predicted molar refractivity (Wildman–Crippen MR) is 89.4 cm³/mol. The smallest absolute Gasteiger partial charge is 0.0314 e. The van der Waals surface area contributed by atoms with Crippen LogP contribution in [0.2, 0.25) is 0 Å². The van der Waals surface area contributed by atoms with Crippen molar-refractivity contribution in [2.24, 2.45) is 0 Å². The average Bonchev–Trinajstić information content (AvgIpc) is 2.42. The molecule has 3 N–H and O–H groups in total. The number of nitrogen functional groups attached to an aromatic ring is 1. The standard InChI is InChI=1S/C17H22N2.ClH/c1-14(13-16-5-3-2-4-6-16)19-12-11-15-7-9-17(18)10-8-15;/h2-10,14,19H,11-13,18H2,1H3;1H. The van der Waals surface area contributed by atoms with Gasteiger partial charge in [0.1, 0.15) is 0 Å². The number of nitrogens with one attached hydrogen (secondary N) is 1. The van der Waals surface area contributed by atoms with Crippen molar-refractivity contribution in [3.8, 4) is 0 Å². The number of nitrogens with two attached hydrogens (primary N) is 1. The fourth-order valence-corrected chi connectivity index (χ4v) is 2.19. The minimum atomic E-state index is 0. The Morgan fingerprint density at radius 3 is 2.25 bits per heavy atom. The highest BCUT2D eigenvalue weighted by atomic mass is 35.5. The topological polar surface area (TPSA) is 38.0 Å². The number of hydrogen-bond donors (Lipinski definition) is 2. The molecule has 0 radical (unpaired) electrons. The highest BCUT2D eigenvalue weighted by Gasteiger charge is 2.02. The quantitative estimate of drug-likeness (QED) is 0.800. The molecule has 0 aliphatic heterocycles. The van der Waals surface area contributed by atoms with Crippen LogP contribution in [0.25, 0.3) is 0 Å². The number of hydrogen-bond acceptors (Lipinski definition) is 2. The van der Waals surface area contributed by atoms with E-state index >= 15 is 0 Å². The number of halogens is 1. The molecule has 2 aromatic carbocycles. The van der Waals surface area contributed by atoms with Crippen LogP contribution in [0.3, 0.4) is 0 Å². The number of benzene rings is 2. The van der Waals surface area contributed by atoms with Crippen molar-refractivity contribution in [1.29, 1.82) is 0 Å². The monoisotopic (exact) mass is 290 g/mol. The van der Waals surface area contributed by atoms with Crippen LogP contribution in [0, 0.1) is 0 Å². The molecule has 2 aromatic rings. The van der Waals surface area contributed by atoms with E-state index in [1.807, 2.05) is 12.1 Å². The highest BCUT2D eigenvalue weighted by Crippen LogP contribution is 2.06. The van der Waals surface area contributed by atoms with Gasteiger partial charge in [0.15, 0.2) is 0 Å². The van der Waals surface area contributed by atoms with E-state index in [0.717, 1.165) is 25.1 Å². The molecule has 0 heterocycles. The van der Waals surface area contributed by atoms with Gasteiger partial charge in [-0.15, -0.1) is 12.4 Å². The molecular formula is C17H23ClN2. The van der Waals surface area contributed by atoms with Crippen LogP contribution >= 0.6 is 12.4 Å². The Morgan fingerprint density at radius 2 is 1.60 bits per heavy atom. The van der Waals surface area contributed by atoms with E-state index < -0.39 is 0 Å². The van der Waals surface area contributed by atoms with E-state index in [2.05, 4.69) is 54.7 Å². The molecule has 2 rings (SSSR count). The third-order valence-corrected chi connectivity index (χ3v) is 3.27. The molecule has 1 unspecified atom stereocenters. The van der Waals surface area contributed by atoms with Gasteiger partial charge in [0, 0.05) is 11.7 Å². The van der Waals surface area contributed by atoms with Crippen LogP contribution in [-0.2, 0) is 12.8 Å². The fraction of sp³-hybridized carbons (Fsp3) is 0.294. The van der Waals surface area contributed by atoms with Crippen LogP contribution in [0.15, 0.2) is 54.6 Å². The zero-order valence-corrected chi connectivity index (χ0v) is 12.7. The summed E-state index contributed by atoms with van der Waals surface area (Å²) in [6.45, 7) is 3.23. The zero-order chi connectivity index (χ0) is 13.5. The molecule has 0 amide bonds. The molecule has 108 valence electrons. The van der Waals surface area contributed by atoms with Crippen LogP contribution in [0.5, 0.6) is 0 Å². The van der Waals surface area contributed by atoms with E-state index in [4.69, 9.17) is 5.73 Å². The third-order valence-electron chi connectivity index (χ3n) is 3.27. The first-order chi connectivity index (χ1) is 9.24. The Labute approximate surface area is 127 Å². The van der Waals surface area contributed by atoms with Gasteiger partial charge in [-0.2, -0.15) is 0 Å². The van der Waals surface area contributed by atoms with Crippen LogP contribution < -0.4 is 11.1 Å². The summed E-state index contributed by atoms with van der Waals surface area (Å²) in [4.78, 5) is 0. The van der Waals surface area contributed by atoms with Crippen molar-refractivity contribution in [3.05, 3.63) is 65.7 Å². The minimum absolute atomic E-state index is 0. The Bertz CT molecular complexity index is 482. The summed E-state index contributed by atoms with van der Waals surface area (Å²) in [6, 6.07) is 19.2. The van der Waals surface area contributed by atoms with E-state index in [1.54, 1.807) is 0 Å². The van der Waals surface area contributed by atoms with Gasteiger partial charge in [-0.1, -0.05) is 42.5 Å². The van der Waals surface area contributed by atoms with Gasteiger partial charge in [-0.3, -0.25) is 0 Å². The maximum absolute atomic E-state index is 5.67. The molecule has 0 fully saturated rings. The van der Waals surface area contributed by atoms with E-state index in [9.17, 15) is 0 Å². The molecule has 0 saturated heterocycles. The molecule has 0 bridgehead atoms. The first-order valence-corrected chi connectivity index (χ1v) is 6.86. The maximum atomic E-state index is 5.67. The summed E-state index contributed by atoms with van der Waals surface area (Å²) in [5, 5.41) is 3.56. The second-order valence-corrected chi connectivity index (χ2v) is 5.04. The number of anilines is 1. The van der Waals surface area contributed by atoms with Crippen molar-refractivity contribution >= 4 is 18.1 Å². The lowest BCUT2D eigenvalue weighted by Crippen LogP contribution is -2.29. The van der Waals surface area contributed by atoms with Crippen molar-refractivity contribution in [2.45, 2.75) is 25.8 Å². The van der Waals surface area contributed by atoms with Gasteiger partial charge in [-0.05, 0) is 49.6 Å². The highest BCUT2D eigenvalue weighted by molar-refractivity contribution is 5.85. The van der Waals surface area contributed by atoms with Gasteiger partial charge in [0.2, 0.25) is 0 Å². The lowest BCUT2D eigenvalue weighted by atomic mass is 10.1. The third kappa shape index (κ3) is 5.64. The molecule has 2 nitrogen and oxygen atoms in total. The summed E-state index contributed by atoms with van der Waals surface area (Å²) >= 11 is 0. The Hall–Kier alpha value is -1.51. The normalized spacial score (nSPS) is 11.7. The van der Waals surface area contributed by atoms with Crippen molar-refractivity contribution < 1.29 is 0 Å². The lowest BCUT2D eigenvalue weighted by molar-refractivity contribution is 0.548. The van der Waals surface area contributed by atoms with Crippen LogP contribution in [0.1, 0.15) is 18.1 Å². The average molecular weight is 291 g/mol. The van der Waals surface area contributed by atoms with E-state index in [1.165, 1.54) is 11.1 Å². The van der Waals surface area contributed by atoms with Gasteiger partial charge >= 0.3 is 0 Å². The van der Waals surface area contributed by atoms with E-state index in [0.29, 0.717) is 6.04 Å². The molecule has 0 aromatic heterocycles. The summed E-state index contributed by atoms with van der Waals surface area (Å²) < 4.78 is 0. The van der Waals surface area contributed by atoms with Gasteiger partial charge in [-0.25, -0.2) is 0 Å². The summed E-state index contributed by atoms with van der Waals surface area (Å²) in [5.74, 6) is 0. The molecule has 3 heteroatoms. The lowest BCUT2D eigenvalue weighted by Gasteiger charge is -2.14. The molecule has 20 heavy (non-hydrogen) atoms. The fourth-order valence-electron chi connectivity index (χ4n) is 2.19. The van der Waals surface area contributed by atoms with Crippen molar-refractivity contribution in [2.75, 3.05) is 12.3 Å². The molecule has 0 aliphatic rings. The molecule has 1 atom stereocenters. The van der Waals surface area contributed by atoms with Crippen LogP contribution in [-0.4, -0.2) is 12.6 Å². The predicted octanol–water partition coefficient (Wildman–Crippen LogP) is 3.45. The van der Waals surface area contributed by atoms with E-state index in [-0.39, 0.29) is 12.4 Å². The zero-order valence-electron chi connectivity index (χ0n) is 11.9.